The topological polar surface area (TPSA) is 99.1 Å². The summed E-state index contributed by atoms with van der Waals surface area (Å²) in [7, 11) is 0. The molecule has 0 aliphatic heterocycles. The minimum Gasteiger partial charge on any atom is -0.463 e. The van der Waals surface area contributed by atoms with Gasteiger partial charge in [0.25, 0.3) is 0 Å². The third-order valence-electron chi connectivity index (χ3n) is 4.58. The van der Waals surface area contributed by atoms with Crippen LogP contribution in [0.1, 0.15) is 97.8 Å². The summed E-state index contributed by atoms with van der Waals surface area (Å²) in [4.78, 5) is 37.1. The molecule has 0 aromatic rings. The van der Waals surface area contributed by atoms with E-state index in [0.29, 0.717) is 19.3 Å². The number of carbonyl (C=O) groups is 3. The van der Waals surface area contributed by atoms with Crippen LogP contribution in [0.4, 0.5) is 0 Å². The van der Waals surface area contributed by atoms with E-state index < -0.39 is 23.5 Å². The van der Waals surface area contributed by atoms with Crippen molar-refractivity contribution < 1.29 is 33.7 Å². The van der Waals surface area contributed by atoms with Crippen LogP contribution in [0.15, 0.2) is 0 Å². The third-order valence-corrected chi connectivity index (χ3v) is 4.58. The fraction of sp³-hybridized carbons (Fsp3) is 0.864. The van der Waals surface area contributed by atoms with Crippen molar-refractivity contribution in [3.8, 4) is 0 Å². The molecule has 0 aromatic heterocycles. The third kappa shape index (κ3) is 11.2. The standard InChI is InChI=1S/C22H40O7/c1-4-7-10-13-16-27-19(23)22(26,20(24)28-17-14-11-8-5-2)21(25)29-18-15-12-9-6-3/h26H,4-18H2,1-3H3. The molecule has 0 bridgehead atoms. The maximum absolute atomic E-state index is 12.4. The SMILES string of the molecule is CCCCCCOC(=O)C(O)(C(=O)OCCCCCC)C(=O)OCCCCCC. The molecule has 7 heteroatoms. The Morgan fingerprint density at radius 3 is 1.07 bits per heavy atom. The zero-order chi connectivity index (χ0) is 22.0. The Bertz CT molecular complexity index is 398. The maximum Gasteiger partial charge on any atom is 0.362 e. The van der Waals surface area contributed by atoms with Gasteiger partial charge >= 0.3 is 23.5 Å². The van der Waals surface area contributed by atoms with Gasteiger partial charge in [0.2, 0.25) is 0 Å². The predicted octanol–water partition coefficient (Wildman–Crippen LogP) is 4.09. The van der Waals surface area contributed by atoms with Gasteiger partial charge in [-0.05, 0) is 19.3 Å². The minimum atomic E-state index is -3.07. The number of carbonyl (C=O) groups excluding carboxylic acids is 3. The van der Waals surface area contributed by atoms with Crippen molar-refractivity contribution >= 4 is 17.9 Å². The van der Waals surface area contributed by atoms with E-state index in [4.69, 9.17) is 14.2 Å². The molecule has 0 saturated heterocycles. The first kappa shape index (κ1) is 27.4. The van der Waals surface area contributed by atoms with Crippen LogP contribution in [0.25, 0.3) is 0 Å². The molecule has 1 N–H and O–H groups in total. The smallest absolute Gasteiger partial charge is 0.362 e. The van der Waals surface area contributed by atoms with Crippen molar-refractivity contribution in [3.63, 3.8) is 0 Å². The molecule has 0 fully saturated rings. The highest BCUT2D eigenvalue weighted by Crippen LogP contribution is 2.16. The summed E-state index contributed by atoms with van der Waals surface area (Å²) >= 11 is 0. The Labute approximate surface area is 175 Å². The second-order valence-electron chi connectivity index (χ2n) is 7.30. The van der Waals surface area contributed by atoms with Gasteiger partial charge in [-0.3, -0.25) is 0 Å². The summed E-state index contributed by atoms with van der Waals surface area (Å²) in [5, 5.41) is 10.6. The van der Waals surface area contributed by atoms with Gasteiger partial charge in [-0.1, -0.05) is 78.6 Å². The Kier molecular flexibility index (Phi) is 16.3. The van der Waals surface area contributed by atoms with E-state index in [1.165, 1.54) is 0 Å². The van der Waals surface area contributed by atoms with Crippen molar-refractivity contribution in [1.29, 1.82) is 0 Å². The zero-order valence-electron chi connectivity index (χ0n) is 18.5. The van der Waals surface area contributed by atoms with Gasteiger partial charge in [-0.2, -0.15) is 0 Å². The first-order valence-corrected chi connectivity index (χ1v) is 11.2. The molecule has 0 saturated carbocycles. The van der Waals surface area contributed by atoms with Gasteiger partial charge in [-0.25, -0.2) is 14.4 Å². The van der Waals surface area contributed by atoms with E-state index in [9.17, 15) is 19.5 Å². The highest BCUT2D eigenvalue weighted by Gasteiger charge is 2.56. The maximum atomic E-state index is 12.4. The van der Waals surface area contributed by atoms with Crippen molar-refractivity contribution in [2.75, 3.05) is 19.8 Å². The molecule has 0 rings (SSSR count). The van der Waals surface area contributed by atoms with Gasteiger partial charge in [0.15, 0.2) is 0 Å². The average molecular weight is 417 g/mol. The fourth-order valence-electron chi connectivity index (χ4n) is 2.64. The predicted molar refractivity (Wildman–Crippen MR) is 110 cm³/mol. The molecule has 0 aliphatic carbocycles. The molecule has 7 nitrogen and oxygen atoms in total. The number of rotatable bonds is 18. The summed E-state index contributed by atoms with van der Waals surface area (Å²) in [6.07, 6.45) is 10.4. The van der Waals surface area contributed by atoms with E-state index in [-0.39, 0.29) is 19.8 Å². The highest BCUT2D eigenvalue weighted by atomic mass is 16.6. The molecule has 0 aromatic carbocycles. The lowest BCUT2D eigenvalue weighted by atomic mass is 10.1. The van der Waals surface area contributed by atoms with Crippen LogP contribution in [0.2, 0.25) is 0 Å². The number of aliphatic hydroxyl groups is 1. The van der Waals surface area contributed by atoms with Gasteiger partial charge in [0, 0.05) is 0 Å². The molecule has 29 heavy (non-hydrogen) atoms. The van der Waals surface area contributed by atoms with Crippen LogP contribution in [0.5, 0.6) is 0 Å². The lowest BCUT2D eigenvalue weighted by Gasteiger charge is -2.22. The van der Waals surface area contributed by atoms with Crippen LogP contribution in [-0.2, 0) is 28.6 Å². The van der Waals surface area contributed by atoms with E-state index >= 15 is 0 Å². The summed E-state index contributed by atoms with van der Waals surface area (Å²) in [6, 6.07) is 0. The Balaban J connectivity index is 4.83. The molecular formula is C22H40O7. The summed E-state index contributed by atoms with van der Waals surface area (Å²) in [5.74, 6) is -3.98. The minimum absolute atomic E-state index is 0.0225. The molecule has 0 atom stereocenters. The van der Waals surface area contributed by atoms with Crippen molar-refractivity contribution in [1.82, 2.24) is 0 Å². The quantitative estimate of drug-likeness (QED) is 0.155. The number of hydrogen-bond donors (Lipinski definition) is 1. The van der Waals surface area contributed by atoms with Crippen LogP contribution < -0.4 is 0 Å². The van der Waals surface area contributed by atoms with Gasteiger partial charge in [0.05, 0.1) is 19.8 Å². The summed E-state index contributed by atoms with van der Waals surface area (Å²) in [6.45, 7) is 6.23. The first-order chi connectivity index (χ1) is 13.9. The zero-order valence-corrected chi connectivity index (χ0v) is 18.5. The molecular weight excluding hydrogens is 376 g/mol. The van der Waals surface area contributed by atoms with Crippen molar-refractivity contribution in [2.24, 2.45) is 0 Å². The Morgan fingerprint density at radius 2 is 0.828 bits per heavy atom. The molecule has 170 valence electrons. The van der Waals surface area contributed by atoms with Crippen molar-refractivity contribution in [2.45, 2.75) is 103 Å². The van der Waals surface area contributed by atoms with Gasteiger partial charge in [-0.15, -0.1) is 0 Å². The second kappa shape index (κ2) is 17.2. The molecule has 0 unspecified atom stereocenters. The van der Waals surface area contributed by atoms with Crippen molar-refractivity contribution in [3.05, 3.63) is 0 Å². The fourth-order valence-corrected chi connectivity index (χ4v) is 2.64. The van der Waals surface area contributed by atoms with E-state index in [1.54, 1.807) is 0 Å². The Morgan fingerprint density at radius 1 is 0.552 bits per heavy atom. The van der Waals surface area contributed by atoms with E-state index in [1.807, 2.05) is 0 Å². The van der Waals surface area contributed by atoms with E-state index in [0.717, 1.165) is 57.8 Å². The van der Waals surface area contributed by atoms with Crippen LogP contribution in [0.3, 0.4) is 0 Å². The highest BCUT2D eigenvalue weighted by molar-refractivity contribution is 6.21. The molecule has 0 heterocycles. The van der Waals surface area contributed by atoms with Crippen LogP contribution in [0, 0.1) is 0 Å². The first-order valence-electron chi connectivity index (χ1n) is 11.2. The lowest BCUT2D eigenvalue weighted by molar-refractivity contribution is -0.195. The Hall–Kier alpha value is -1.63. The van der Waals surface area contributed by atoms with Gasteiger partial charge < -0.3 is 19.3 Å². The largest absolute Gasteiger partial charge is 0.463 e. The summed E-state index contributed by atoms with van der Waals surface area (Å²) in [5.41, 5.74) is -3.07. The van der Waals surface area contributed by atoms with Crippen LogP contribution >= 0.6 is 0 Å². The number of unbranched alkanes of at least 4 members (excludes halogenated alkanes) is 9. The number of esters is 3. The number of ether oxygens (including phenoxy) is 3. The van der Waals surface area contributed by atoms with E-state index in [2.05, 4.69) is 20.8 Å². The lowest BCUT2D eigenvalue weighted by Crippen LogP contribution is -2.56. The monoisotopic (exact) mass is 416 g/mol. The molecule has 0 spiro atoms. The normalized spacial score (nSPS) is 11.2. The molecule has 0 amide bonds. The van der Waals surface area contributed by atoms with Gasteiger partial charge in [0.1, 0.15) is 0 Å². The molecule has 0 aliphatic rings. The summed E-state index contributed by atoms with van der Waals surface area (Å²) < 4.78 is 15.0. The second-order valence-corrected chi connectivity index (χ2v) is 7.30. The average Bonchev–Trinajstić information content (AvgIpc) is 2.72. The molecule has 0 radical (unpaired) electrons. The van der Waals surface area contributed by atoms with Crippen LogP contribution in [-0.4, -0.2) is 48.4 Å². The number of hydrogen-bond acceptors (Lipinski definition) is 7.